The van der Waals surface area contributed by atoms with Crippen molar-refractivity contribution in [2.45, 2.75) is 17.7 Å². The van der Waals surface area contributed by atoms with E-state index in [1.54, 1.807) is 7.11 Å². The van der Waals surface area contributed by atoms with Gasteiger partial charge in [0, 0.05) is 11.2 Å². The van der Waals surface area contributed by atoms with Crippen molar-refractivity contribution < 1.29 is 9.47 Å². The number of ether oxygens (including phenoxy) is 2. The minimum absolute atomic E-state index is 0.503. The van der Waals surface area contributed by atoms with Crippen LogP contribution >= 0.6 is 15.9 Å². The largest absolute Gasteiger partial charge is 0.493 e. The number of hydrogen-bond donors (Lipinski definition) is 0. The van der Waals surface area contributed by atoms with E-state index in [2.05, 4.69) is 40.2 Å². The zero-order chi connectivity index (χ0) is 13.9. The maximum Gasteiger partial charge on any atom is 0.161 e. The van der Waals surface area contributed by atoms with Gasteiger partial charge in [-0.05, 0) is 35.2 Å². The monoisotopic (exact) mass is 332 g/mol. The van der Waals surface area contributed by atoms with Crippen molar-refractivity contribution in [3.05, 3.63) is 59.2 Å². The zero-order valence-electron chi connectivity index (χ0n) is 11.4. The average Bonchev–Trinajstić information content (AvgIpc) is 2.48. The maximum atomic E-state index is 5.99. The number of methoxy groups -OCH3 is 1. The van der Waals surface area contributed by atoms with Crippen LogP contribution in [0.4, 0.5) is 0 Å². The smallest absolute Gasteiger partial charge is 0.161 e. The molecule has 104 valence electrons. The van der Waals surface area contributed by atoms with Crippen molar-refractivity contribution in [3.63, 3.8) is 0 Å². The Labute approximate surface area is 127 Å². The van der Waals surface area contributed by atoms with Gasteiger partial charge in [0.25, 0.3) is 0 Å². The molecule has 0 saturated heterocycles. The van der Waals surface area contributed by atoms with Crippen molar-refractivity contribution in [3.8, 4) is 11.5 Å². The first-order valence-electron chi connectivity index (χ1n) is 6.75. The summed E-state index contributed by atoms with van der Waals surface area (Å²) in [4.78, 5) is 0. The van der Waals surface area contributed by atoms with E-state index in [9.17, 15) is 0 Å². The fourth-order valence-electron chi connectivity index (χ4n) is 2.62. The number of halogens is 1. The van der Waals surface area contributed by atoms with Gasteiger partial charge in [-0.1, -0.05) is 46.3 Å². The quantitative estimate of drug-likeness (QED) is 0.759. The summed E-state index contributed by atoms with van der Waals surface area (Å²) in [5, 5.41) is 0.819. The number of benzene rings is 2. The molecule has 3 heteroatoms. The highest BCUT2D eigenvalue weighted by Gasteiger charge is 2.26. The molecule has 1 aliphatic rings. The Morgan fingerprint density at radius 3 is 2.75 bits per heavy atom. The molecule has 0 amide bonds. The SMILES string of the molecule is COc1ccc(CBr)cc1OCC1Cc2ccccc21. The van der Waals surface area contributed by atoms with E-state index in [-0.39, 0.29) is 0 Å². The first-order valence-corrected chi connectivity index (χ1v) is 7.87. The van der Waals surface area contributed by atoms with Gasteiger partial charge in [-0.2, -0.15) is 0 Å². The molecule has 0 heterocycles. The van der Waals surface area contributed by atoms with Crippen LogP contribution in [0, 0.1) is 0 Å². The van der Waals surface area contributed by atoms with E-state index in [1.165, 1.54) is 16.7 Å². The Kier molecular flexibility index (Phi) is 3.97. The predicted molar refractivity (Wildman–Crippen MR) is 84.0 cm³/mol. The van der Waals surface area contributed by atoms with Crippen LogP contribution in [-0.2, 0) is 11.8 Å². The minimum atomic E-state index is 0.503. The lowest BCUT2D eigenvalue weighted by Crippen LogP contribution is -2.23. The highest BCUT2D eigenvalue weighted by atomic mass is 79.9. The van der Waals surface area contributed by atoms with E-state index in [1.807, 2.05) is 18.2 Å². The minimum Gasteiger partial charge on any atom is -0.493 e. The number of rotatable bonds is 5. The zero-order valence-corrected chi connectivity index (χ0v) is 13.0. The second-order valence-corrected chi connectivity index (χ2v) is 5.59. The summed E-state index contributed by atoms with van der Waals surface area (Å²) in [6, 6.07) is 14.6. The molecule has 20 heavy (non-hydrogen) atoms. The lowest BCUT2D eigenvalue weighted by Gasteiger charge is -2.30. The van der Waals surface area contributed by atoms with Gasteiger partial charge in [0.1, 0.15) is 0 Å². The molecule has 0 spiro atoms. The third-order valence-electron chi connectivity index (χ3n) is 3.78. The van der Waals surface area contributed by atoms with Gasteiger partial charge < -0.3 is 9.47 Å². The van der Waals surface area contributed by atoms with Crippen molar-refractivity contribution in [1.82, 2.24) is 0 Å². The summed E-state index contributed by atoms with van der Waals surface area (Å²) in [7, 11) is 1.68. The Morgan fingerprint density at radius 2 is 2.00 bits per heavy atom. The molecule has 1 aliphatic carbocycles. The van der Waals surface area contributed by atoms with Crippen LogP contribution in [0.25, 0.3) is 0 Å². The summed E-state index contributed by atoms with van der Waals surface area (Å²) in [6.45, 7) is 0.707. The van der Waals surface area contributed by atoms with Gasteiger partial charge in [0.2, 0.25) is 0 Å². The van der Waals surface area contributed by atoms with Gasteiger partial charge in [-0.3, -0.25) is 0 Å². The maximum absolute atomic E-state index is 5.99. The Bertz CT molecular complexity index is 610. The van der Waals surface area contributed by atoms with Crippen LogP contribution in [0.5, 0.6) is 11.5 Å². The summed E-state index contributed by atoms with van der Waals surface area (Å²) in [6.07, 6.45) is 1.11. The highest BCUT2D eigenvalue weighted by molar-refractivity contribution is 9.08. The number of hydrogen-bond acceptors (Lipinski definition) is 2. The van der Waals surface area contributed by atoms with Gasteiger partial charge >= 0.3 is 0 Å². The first kappa shape index (κ1) is 13.5. The normalized spacial score (nSPS) is 16.2. The second kappa shape index (κ2) is 5.88. The van der Waals surface area contributed by atoms with Crippen LogP contribution in [-0.4, -0.2) is 13.7 Å². The molecule has 0 N–H and O–H groups in total. The Balaban J connectivity index is 1.70. The molecule has 0 saturated carbocycles. The molecule has 1 atom stereocenters. The third kappa shape index (κ3) is 2.55. The van der Waals surface area contributed by atoms with E-state index in [0.717, 1.165) is 23.2 Å². The standard InChI is InChI=1S/C17H17BrO2/c1-19-16-7-6-12(10-18)8-17(16)20-11-14-9-13-4-2-3-5-15(13)14/h2-8,14H,9-11H2,1H3. The van der Waals surface area contributed by atoms with Crippen LogP contribution in [0.1, 0.15) is 22.6 Å². The van der Waals surface area contributed by atoms with Gasteiger partial charge in [0.15, 0.2) is 11.5 Å². The summed E-state index contributed by atoms with van der Waals surface area (Å²) in [5.74, 6) is 2.12. The van der Waals surface area contributed by atoms with Crippen molar-refractivity contribution >= 4 is 15.9 Å². The summed E-state index contributed by atoms with van der Waals surface area (Å²) in [5.41, 5.74) is 4.06. The van der Waals surface area contributed by atoms with E-state index in [4.69, 9.17) is 9.47 Å². The van der Waals surface area contributed by atoms with Gasteiger partial charge in [-0.15, -0.1) is 0 Å². The summed E-state index contributed by atoms with van der Waals surface area (Å²) < 4.78 is 11.3. The molecule has 0 aliphatic heterocycles. The fraction of sp³-hybridized carbons (Fsp3) is 0.294. The molecule has 2 aromatic rings. The topological polar surface area (TPSA) is 18.5 Å². The average molecular weight is 333 g/mol. The second-order valence-electron chi connectivity index (χ2n) is 5.03. The van der Waals surface area contributed by atoms with E-state index < -0.39 is 0 Å². The van der Waals surface area contributed by atoms with E-state index >= 15 is 0 Å². The molecular formula is C17H17BrO2. The van der Waals surface area contributed by atoms with Crippen LogP contribution < -0.4 is 9.47 Å². The lowest BCUT2D eigenvalue weighted by molar-refractivity contribution is 0.260. The molecule has 0 radical (unpaired) electrons. The molecule has 0 bridgehead atoms. The van der Waals surface area contributed by atoms with Crippen molar-refractivity contribution in [2.24, 2.45) is 0 Å². The first-order chi connectivity index (χ1) is 9.81. The Morgan fingerprint density at radius 1 is 1.15 bits per heavy atom. The molecule has 0 fully saturated rings. The molecule has 0 aromatic heterocycles. The molecule has 2 nitrogen and oxygen atoms in total. The van der Waals surface area contributed by atoms with Crippen molar-refractivity contribution in [1.29, 1.82) is 0 Å². The van der Waals surface area contributed by atoms with Crippen LogP contribution in [0.15, 0.2) is 42.5 Å². The van der Waals surface area contributed by atoms with Crippen molar-refractivity contribution in [2.75, 3.05) is 13.7 Å². The number of fused-ring (bicyclic) bond motifs is 1. The number of alkyl halides is 1. The molecule has 1 unspecified atom stereocenters. The van der Waals surface area contributed by atoms with Crippen LogP contribution in [0.3, 0.4) is 0 Å². The van der Waals surface area contributed by atoms with E-state index in [0.29, 0.717) is 12.5 Å². The molecule has 3 rings (SSSR count). The fourth-order valence-corrected chi connectivity index (χ4v) is 2.97. The van der Waals surface area contributed by atoms with Crippen LogP contribution in [0.2, 0.25) is 0 Å². The predicted octanol–water partition coefficient (Wildman–Crippen LogP) is 4.31. The van der Waals surface area contributed by atoms with Gasteiger partial charge in [0.05, 0.1) is 13.7 Å². The summed E-state index contributed by atoms with van der Waals surface area (Å²) >= 11 is 3.47. The highest BCUT2D eigenvalue weighted by Crippen LogP contribution is 2.36. The third-order valence-corrected chi connectivity index (χ3v) is 4.43. The molecular weight excluding hydrogens is 316 g/mol. The lowest BCUT2D eigenvalue weighted by atomic mass is 9.78. The molecule has 2 aromatic carbocycles. The van der Waals surface area contributed by atoms with Gasteiger partial charge in [-0.25, -0.2) is 0 Å². The Hall–Kier alpha value is -1.48.